The second-order valence-corrected chi connectivity index (χ2v) is 4.82. The Balaban J connectivity index is 1.91. The SMILES string of the molecule is BrC1NC2CC=CC=C2N1C1CC1. The van der Waals surface area contributed by atoms with Gasteiger partial charge in [-0.3, -0.25) is 5.32 Å². The summed E-state index contributed by atoms with van der Waals surface area (Å²) in [6, 6.07) is 1.34. The van der Waals surface area contributed by atoms with Crippen molar-refractivity contribution >= 4 is 15.9 Å². The minimum absolute atomic E-state index is 0.358. The zero-order valence-corrected chi connectivity index (χ0v) is 9.00. The summed E-state index contributed by atoms with van der Waals surface area (Å²) >= 11 is 3.68. The van der Waals surface area contributed by atoms with E-state index in [9.17, 15) is 0 Å². The molecule has 3 heteroatoms. The quantitative estimate of drug-likeness (QED) is 0.557. The molecule has 2 nitrogen and oxygen atoms in total. The topological polar surface area (TPSA) is 15.3 Å². The highest BCUT2D eigenvalue weighted by Crippen LogP contribution is 2.39. The number of rotatable bonds is 1. The molecule has 2 aliphatic carbocycles. The van der Waals surface area contributed by atoms with Gasteiger partial charge in [-0.15, -0.1) is 0 Å². The maximum absolute atomic E-state index is 3.68. The maximum Gasteiger partial charge on any atom is 0.138 e. The van der Waals surface area contributed by atoms with Crippen LogP contribution in [0.15, 0.2) is 23.9 Å². The zero-order chi connectivity index (χ0) is 8.84. The Morgan fingerprint density at radius 2 is 2.31 bits per heavy atom. The molecule has 2 unspecified atom stereocenters. The summed E-state index contributed by atoms with van der Waals surface area (Å²) in [5.74, 6) is 0. The summed E-state index contributed by atoms with van der Waals surface area (Å²) in [7, 11) is 0. The lowest BCUT2D eigenvalue weighted by molar-refractivity contribution is 0.350. The van der Waals surface area contributed by atoms with Gasteiger partial charge in [-0.2, -0.15) is 0 Å². The first kappa shape index (κ1) is 8.06. The third-order valence-electron chi connectivity index (χ3n) is 2.95. The summed E-state index contributed by atoms with van der Waals surface area (Å²) in [6.45, 7) is 0. The number of fused-ring (bicyclic) bond motifs is 1. The molecule has 1 saturated heterocycles. The summed E-state index contributed by atoms with van der Waals surface area (Å²) in [5, 5.41) is 3.91. The fourth-order valence-corrected chi connectivity index (χ4v) is 3.05. The Morgan fingerprint density at radius 3 is 3.08 bits per heavy atom. The molecule has 0 amide bonds. The molecule has 0 radical (unpaired) electrons. The summed E-state index contributed by atoms with van der Waals surface area (Å²) < 4.78 is 0. The van der Waals surface area contributed by atoms with Crippen LogP contribution in [0.2, 0.25) is 0 Å². The minimum atomic E-state index is 0.358. The number of hydrogen-bond donors (Lipinski definition) is 1. The van der Waals surface area contributed by atoms with Crippen molar-refractivity contribution in [1.82, 2.24) is 10.2 Å². The predicted molar refractivity (Wildman–Crippen MR) is 56.3 cm³/mol. The molecule has 2 fully saturated rings. The zero-order valence-electron chi connectivity index (χ0n) is 7.41. The molecule has 1 N–H and O–H groups in total. The molecule has 13 heavy (non-hydrogen) atoms. The van der Waals surface area contributed by atoms with Crippen molar-refractivity contribution < 1.29 is 0 Å². The van der Waals surface area contributed by atoms with Gasteiger partial charge in [0, 0.05) is 11.7 Å². The molecule has 0 aromatic rings. The Hall–Kier alpha value is -0.280. The van der Waals surface area contributed by atoms with Crippen LogP contribution in [-0.4, -0.2) is 22.1 Å². The Labute approximate surface area is 86.8 Å². The summed E-state index contributed by atoms with van der Waals surface area (Å²) in [4.78, 5) is 2.49. The van der Waals surface area contributed by atoms with E-state index in [2.05, 4.69) is 44.4 Å². The number of halogens is 1. The van der Waals surface area contributed by atoms with Crippen LogP contribution in [0.3, 0.4) is 0 Å². The number of allylic oxidation sites excluding steroid dienone is 2. The first-order chi connectivity index (χ1) is 6.36. The van der Waals surface area contributed by atoms with Crippen molar-refractivity contribution in [2.24, 2.45) is 0 Å². The fraction of sp³-hybridized carbons (Fsp3) is 0.600. The highest BCUT2D eigenvalue weighted by atomic mass is 79.9. The average Bonchev–Trinajstić information content (AvgIpc) is 2.88. The number of nitrogens with zero attached hydrogens (tertiary/aromatic N) is 1. The molecule has 1 saturated carbocycles. The molecular formula is C10H13BrN2. The molecule has 1 heterocycles. The smallest absolute Gasteiger partial charge is 0.138 e. The lowest BCUT2D eigenvalue weighted by atomic mass is 10.1. The molecule has 3 rings (SSSR count). The molecule has 0 spiro atoms. The molecule has 0 bridgehead atoms. The van der Waals surface area contributed by atoms with E-state index in [1.54, 1.807) is 0 Å². The van der Waals surface area contributed by atoms with Crippen molar-refractivity contribution in [3.8, 4) is 0 Å². The first-order valence-electron chi connectivity index (χ1n) is 4.91. The second-order valence-electron chi connectivity index (χ2n) is 3.95. The Bertz CT molecular complexity index is 281. The largest absolute Gasteiger partial charge is 0.346 e. The van der Waals surface area contributed by atoms with Crippen molar-refractivity contribution in [2.45, 2.75) is 36.4 Å². The van der Waals surface area contributed by atoms with Gasteiger partial charge < -0.3 is 4.90 Å². The number of nitrogens with one attached hydrogen (secondary N) is 1. The van der Waals surface area contributed by atoms with E-state index in [1.807, 2.05) is 0 Å². The van der Waals surface area contributed by atoms with Crippen LogP contribution < -0.4 is 5.32 Å². The monoisotopic (exact) mass is 240 g/mol. The molecule has 3 aliphatic rings. The Morgan fingerprint density at radius 1 is 1.46 bits per heavy atom. The Kier molecular flexibility index (Phi) is 1.77. The minimum Gasteiger partial charge on any atom is -0.346 e. The van der Waals surface area contributed by atoms with E-state index in [-0.39, 0.29) is 0 Å². The van der Waals surface area contributed by atoms with Gasteiger partial charge in [-0.05, 0) is 41.3 Å². The van der Waals surface area contributed by atoms with Crippen LogP contribution in [0.25, 0.3) is 0 Å². The highest BCUT2D eigenvalue weighted by Gasteiger charge is 2.42. The van der Waals surface area contributed by atoms with Gasteiger partial charge >= 0.3 is 0 Å². The molecule has 2 atom stereocenters. The standard InChI is InChI=1S/C10H13BrN2/c11-10-12-8-3-1-2-4-9(8)13(10)7-5-6-7/h1-2,4,7-8,10,12H,3,5-6H2. The number of hydrogen-bond acceptors (Lipinski definition) is 2. The van der Waals surface area contributed by atoms with Crippen LogP contribution in [-0.2, 0) is 0 Å². The first-order valence-corrected chi connectivity index (χ1v) is 5.83. The van der Waals surface area contributed by atoms with E-state index < -0.39 is 0 Å². The predicted octanol–water partition coefficient (Wildman–Crippen LogP) is 1.94. The van der Waals surface area contributed by atoms with Gasteiger partial charge in [0.15, 0.2) is 0 Å². The van der Waals surface area contributed by atoms with Crippen LogP contribution in [0.1, 0.15) is 19.3 Å². The normalized spacial score (nSPS) is 37.6. The third-order valence-corrected chi connectivity index (χ3v) is 3.66. The average molecular weight is 241 g/mol. The molecule has 0 aromatic heterocycles. The van der Waals surface area contributed by atoms with Crippen LogP contribution in [0.4, 0.5) is 0 Å². The van der Waals surface area contributed by atoms with Gasteiger partial charge in [0.25, 0.3) is 0 Å². The van der Waals surface area contributed by atoms with Crippen LogP contribution in [0.5, 0.6) is 0 Å². The summed E-state index contributed by atoms with van der Waals surface area (Å²) in [6.07, 6.45) is 10.5. The van der Waals surface area contributed by atoms with E-state index in [0.29, 0.717) is 11.1 Å². The van der Waals surface area contributed by atoms with Gasteiger partial charge in [0.05, 0.1) is 6.04 Å². The maximum atomic E-state index is 3.68. The van der Waals surface area contributed by atoms with E-state index in [0.717, 1.165) is 12.5 Å². The van der Waals surface area contributed by atoms with Crippen molar-refractivity contribution in [3.05, 3.63) is 23.9 Å². The van der Waals surface area contributed by atoms with Crippen LogP contribution in [0, 0.1) is 0 Å². The molecule has 0 aromatic carbocycles. The summed E-state index contributed by atoms with van der Waals surface area (Å²) in [5.41, 5.74) is 1.48. The van der Waals surface area contributed by atoms with Gasteiger partial charge in [0.2, 0.25) is 0 Å². The van der Waals surface area contributed by atoms with E-state index in [4.69, 9.17) is 0 Å². The fourth-order valence-electron chi connectivity index (χ4n) is 2.16. The van der Waals surface area contributed by atoms with Crippen LogP contribution >= 0.6 is 15.9 Å². The highest BCUT2D eigenvalue weighted by molar-refractivity contribution is 9.09. The lowest BCUT2D eigenvalue weighted by Gasteiger charge is -2.23. The van der Waals surface area contributed by atoms with Gasteiger partial charge in [0.1, 0.15) is 5.08 Å². The van der Waals surface area contributed by atoms with Crippen molar-refractivity contribution in [3.63, 3.8) is 0 Å². The lowest BCUT2D eigenvalue weighted by Crippen LogP contribution is -2.31. The second kappa shape index (κ2) is 2.85. The number of alkyl halides is 1. The van der Waals surface area contributed by atoms with Gasteiger partial charge in [-0.25, -0.2) is 0 Å². The molecule has 1 aliphatic heterocycles. The molecular weight excluding hydrogens is 228 g/mol. The van der Waals surface area contributed by atoms with Crippen molar-refractivity contribution in [1.29, 1.82) is 0 Å². The van der Waals surface area contributed by atoms with Gasteiger partial charge in [-0.1, -0.05) is 12.2 Å². The molecule has 70 valence electrons. The van der Waals surface area contributed by atoms with Crippen molar-refractivity contribution in [2.75, 3.05) is 0 Å². The van der Waals surface area contributed by atoms with E-state index in [1.165, 1.54) is 18.5 Å². The van der Waals surface area contributed by atoms with E-state index >= 15 is 0 Å². The third kappa shape index (κ3) is 1.25.